The summed E-state index contributed by atoms with van der Waals surface area (Å²) in [6.07, 6.45) is 13.2. The molecule has 0 unspecified atom stereocenters. The van der Waals surface area contributed by atoms with E-state index in [4.69, 9.17) is 4.42 Å². The van der Waals surface area contributed by atoms with E-state index < -0.39 is 0 Å². The molecule has 8 aromatic rings. The Labute approximate surface area is 282 Å². The SMILES string of the molecule is c1ccc(N(c2cc(C3CCCCC3)c3ccc4ccc(C5CCCCC5)c5ccc2c3c45)c2cccc3c2oc2ccccc23)cc1. The van der Waals surface area contributed by atoms with Crippen molar-refractivity contribution < 1.29 is 4.42 Å². The lowest BCUT2D eigenvalue weighted by molar-refractivity contribution is 0.445. The Bertz CT molecular complexity index is 2420. The third-order valence-corrected chi connectivity index (χ3v) is 11.8. The molecule has 2 heteroatoms. The van der Waals surface area contributed by atoms with Crippen LogP contribution in [0.25, 0.3) is 54.3 Å². The van der Waals surface area contributed by atoms with E-state index in [9.17, 15) is 0 Å². The van der Waals surface area contributed by atoms with Crippen molar-refractivity contribution in [2.75, 3.05) is 4.90 Å². The van der Waals surface area contributed by atoms with Gasteiger partial charge in [-0.1, -0.05) is 123 Å². The molecule has 236 valence electrons. The van der Waals surface area contributed by atoms with Gasteiger partial charge in [0.2, 0.25) is 0 Å². The molecule has 0 N–H and O–H groups in total. The van der Waals surface area contributed by atoms with Gasteiger partial charge in [-0.3, -0.25) is 0 Å². The highest BCUT2D eigenvalue weighted by Gasteiger charge is 2.27. The minimum atomic E-state index is 0.569. The summed E-state index contributed by atoms with van der Waals surface area (Å²) in [4.78, 5) is 2.49. The predicted molar refractivity (Wildman–Crippen MR) is 204 cm³/mol. The van der Waals surface area contributed by atoms with E-state index in [1.165, 1.54) is 108 Å². The summed E-state index contributed by atoms with van der Waals surface area (Å²) >= 11 is 0. The highest BCUT2D eigenvalue weighted by Crippen LogP contribution is 2.51. The molecule has 2 aliphatic carbocycles. The standard InChI is InChI=1S/C46H41NO/c1-4-13-30(14-5-1)34-25-23-32-24-26-37-40(31-15-6-2-7-16-31)29-42(39-28-27-36(34)44(32)45(37)39)47(33-17-8-3-9-18-33)41-21-12-20-38-35-19-10-11-22-43(35)48-46(38)41/h3,8-12,17-31H,1-2,4-7,13-16H2. The molecule has 0 aliphatic heterocycles. The van der Waals surface area contributed by atoms with Crippen LogP contribution < -0.4 is 4.90 Å². The van der Waals surface area contributed by atoms with Crippen LogP contribution >= 0.6 is 0 Å². The molecule has 0 bridgehead atoms. The first-order valence-electron chi connectivity index (χ1n) is 18.3. The van der Waals surface area contributed by atoms with Gasteiger partial charge >= 0.3 is 0 Å². The van der Waals surface area contributed by atoms with Gasteiger partial charge in [-0.2, -0.15) is 0 Å². The van der Waals surface area contributed by atoms with Gasteiger partial charge in [0.25, 0.3) is 0 Å². The lowest BCUT2D eigenvalue weighted by atomic mass is 9.78. The second-order valence-corrected chi connectivity index (χ2v) is 14.5. The van der Waals surface area contributed by atoms with Crippen LogP contribution in [-0.4, -0.2) is 0 Å². The molecule has 2 fully saturated rings. The number of anilines is 3. The van der Waals surface area contributed by atoms with Crippen LogP contribution in [0.4, 0.5) is 17.1 Å². The maximum atomic E-state index is 6.72. The molecule has 0 atom stereocenters. The number of nitrogens with zero attached hydrogens (tertiary/aromatic N) is 1. The van der Waals surface area contributed by atoms with Crippen LogP contribution in [0.1, 0.15) is 87.2 Å². The summed E-state index contributed by atoms with van der Waals surface area (Å²) in [6, 6.07) is 43.3. The van der Waals surface area contributed by atoms with Crippen molar-refractivity contribution in [1.29, 1.82) is 0 Å². The molecule has 10 rings (SSSR count). The van der Waals surface area contributed by atoms with E-state index in [0.29, 0.717) is 11.8 Å². The quantitative estimate of drug-likeness (QED) is 0.177. The minimum Gasteiger partial charge on any atom is -0.454 e. The van der Waals surface area contributed by atoms with E-state index in [1.807, 2.05) is 0 Å². The van der Waals surface area contributed by atoms with Crippen LogP contribution in [0.3, 0.4) is 0 Å². The normalized spacial score (nSPS) is 16.6. The first kappa shape index (κ1) is 28.2. The molecule has 2 saturated carbocycles. The Kier molecular flexibility index (Phi) is 6.71. The molecule has 2 nitrogen and oxygen atoms in total. The van der Waals surface area contributed by atoms with Gasteiger partial charge < -0.3 is 9.32 Å². The molecular formula is C46H41NO. The van der Waals surface area contributed by atoms with Gasteiger partial charge in [-0.25, -0.2) is 0 Å². The zero-order valence-corrected chi connectivity index (χ0v) is 27.6. The lowest BCUT2D eigenvalue weighted by Crippen LogP contribution is -2.13. The summed E-state index contributed by atoms with van der Waals surface area (Å²) < 4.78 is 6.72. The predicted octanol–water partition coefficient (Wildman–Crippen LogP) is 14.0. The van der Waals surface area contributed by atoms with Crippen LogP contribution in [0.15, 0.2) is 120 Å². The fourth-order valence-corrected chi connectivity index (χ4v) is 9.53. The number of rotatable bonds is 5. The first-order chi connectivity index (χ1) is 23.8. The van der Waals surface area contributed by atoms with Crippen molar-refractivity contribution in [2.45, 2.75) is 76.0 Å². The molecular weight excluding hydrogens is 583 g/mol. The third kappa shape index (κ3) is 4.38. The largest absolute Gasteiger partial charge is 0.454 e. The maximum absolute atomic E-state index is 6.72. The van der Waals surface area contributed by atoms with Gasteiger partial charge in [0.1, 0.15) is 5.58 Å². The molecule has 1 aromatic heterocycles. The third-order valence-electron chi connectivity index (χ3n) is 11.8. The first-order valence-corrected chi connectivity index (χ1v) is 18.3. The van der Waals surface area contributed by atoms with Crippen molar-refractivity contribution in [1.82, 2.24) is 0 Å². The Morgan fingerprint density at radius 1 is 0.458 bits per heavy atom. The summed E-state index contributed by atoms with van der Waals surface area (Å²) in [7, 11) is 0. The smallest absolute Gasteiger partial charge is 0.159 e. The Balaban J connectivity index is 1.31. The van der Waals surface area contributed by atoms with Crippen molar-refractivity contribution in [2.24, 2.45) is 0 Å². The van der Waals surface area contributed by atoms with Crippen molar-refractivity contribution >= 4 is 71.3 Å². The van der Waals surface area contributed by atoms with Gasteiger partial charge in [0.15, 0.2) is 5.58 Å². The summed E-state index contributed by atoms with van der Waals surface area (Å²) in [6.45, 7) is 0. The van der Waals surface area contributed by atoms with Crippen LogP contribution in [0.2, 0.25) is 0 Å². The van der Waals surface area contributed by atoms with Gasteiger partial charge in [0.05, 0.1) is 11.4 Å². The van der Waals surface area contributed by atoms with Gasteiger partial charge in [-0.15, -0.1) is 0 Å². The van der Waals surface area contributed by atoms with E-state index in [2.05, 4.69) is 120 Å². The minimum absolute atomic E-state index is 0.569. The molecule has 2 aliphatic rings. The van der Waals surface area contributed by atoms with E-state index in [1.54, 1.807) is 5.56 Å². The van der Waals surface area contributed by atoms with E-state index in [0.717, 1.165) is 33.3 Å². The van der Waals surface area contributed by atoms with Crippen molar-refractivity contribution in [3.05, 3.63) is 126 Å². The highest BCUT2D eigenvalue weighted by molar-refractivity contribution is 6.27. The number of benzene rings is 7. The molecule has 0 radical (unpaired) electrons. The fourth-order valence-electron chi connectivity index (χ4n) is 9.53. The average Bonchev–Trinajstić information content (AvgIpc) is 3.55. The number of furan rings is 1. The molecule has 48 heavy (non-hydrogen) atoms. The number of hydrogen-bond donors (Lipinski definition) is 0. The van der Waals surface area contributed by atoms with Crippen LogP contribution in [-0.2, 0) is 0 Å². The lowest BCUT2D eigenvalue weighted by Gasteiger charge is -2.31. The van der Waals surface area contributed by atoms with Gasteiger partial charge in [0, 0.05) is 21.8 Å². The second-order valence-electron chi connectivity index (χ2n) is 14.5. The van der Waals surface area contributed by atoms with E-state index >= 15 is 0 Å². The van der Waals surface area contributed by atoms with Crippen molar-refractivity contribution in [3.63, 3.8) is 0 Å². The Morgan fingerprint density at radius 2 is 1.10 bits per heavy atom. The highest BCUT2D eigenvalue weighted by atomic mass is 16.3. The number of fused-ring (bicyclic) bond motifs is 3. The van der Waals surface area contributed by atoms with Crippen molar-refractivity contribution in [3.8, 4) is 0 Å². The zero-order chi connectivity index (χ0) is 31.6. The average molecular weight is 624 g/mol. The van der Waals surface area contributed by atoms with Gasteiger partial charge in [-0.05, 0) is 106 Å². The van der Waals surface area contributed by atoms with Crippen LogP contribution in [0, 0.1) is 0 Å². The fraction of sp³-hybridized carbons (Fsp3) is 0.261. The number of para-hydroxylation sites is 3. The number of hydrogen-bond acceptors (Lipinski definition) is 2. The topological polar surface area (TPSA) is 16.4 Å². The monoisotopic (exact) mass is 623 g/mol. The van der Waals surface area contributed by atoms with E-state index in [-0.39, 0.29) is 0 Å². The molecule has 0 spiro atoms. The maximum Gasteiger partial charge on any atom is 0.159 e. The zero-order valence-electron chi connectivity index (χ0n) is 27.6. The van der Waals surface area contributed by atoms with Crippen LogP contribution in [0.5, 0.6) is 0 Å². The Morgan fingerprint density at radius 3 is 1.92 bits per heavy atom. The molecule has 0 saturated heterocycles. The summed E-state index contributed by atoms with van der Waals surface area (Å²) in [5.74, 6) is 1.23. The molecule has 0 amide bonds. The molecule has 7 aromatic carbocycles. The molecule has 1 heterocycles. The Hall–Kier alpha value is -4.82. The summed E-state index contributed by atoms with van der Waals surface area (Å²) in [5, 5.41) is 10.8. The summed E-state index contributed by atoms with van der Waals surface area (Å²) in [5.41, 5.74) is 8.44. The second kappa shape index (κ2) is 11.4.